The maximum Gasteiger partial charge on any atom is 0.219 e. The quantitative estimate of drug-likeness (QED) is 0.649. The molecule has 0 bridgehead atoms. The van der Waals surface area contributed by atoms with Crippen molar-refractivity contribution in [3.63, 3.8) is 0 Å². The van der Waals surface area contributed by atoms with Gasteiger partial charge in [0.05, 0.1) is 13.2 Å². The van der Waals surface area contributed by atoms with E-state index in [1.54, 1.807) is 7.05 Å². The second kappa shape index (κ2) is 10.0. The van der Waals surface area contributed by atoms with Crippen LogP contribution in [-0.2, 0) is 11.3 Å². The molecule has 0 saturated carbocycles. The Kier molecular flexibility index (Phi) is 8.28. The van der Waals surface area contributed by atoms with Crippen molar-refractivity contribution in [1.29, 1.82) is 0 Å². The molecule has 0 heterocycles. The minimum absolute atomic E-state index is 0.0362. The summed E-state index contributed by atoms with van der Waals surface area (Å²) in [6.45, 7) is 4.02. The van der Waals surface area contributed by atoms with Crippen molar-refractivity contribution < 1.29 is 14.3 Å². The van der Waals surface area contributed by atoms with Crippen molar-refractivity contribution >= 4 is 5.91 Å². The maximum absolute atomic E-state index is 11.2. The van der Waals surface area contributed by atoms with Crippen molar-refractivity contribution in [1.82, 2.24) is 10.6 Å². The molecule has 0 aliphatic carbocycles. The van der Waals surface area contributed by atoms with Crippen molar-refractivity contribution in [3.8, 4) is 11.5 Å². The Morgan fingerprint density at radius 2 is 2.00 bits per heavy atom. The fraction of sp³-hybridized carbons (Fsp3) is 0.562. The van der Waals surface area contributed by atoms with E-state index in [4.69, 9.17) is 9.47 Å². The highest BCUT2D eigenvalue weighted by atomic mass is 16.5. The minimum Gasteiger partial charge on any atom is -0.493 e. The first-order valence-electron chi connectivity index (χ1n) is 7.45. The molecule has 1 aromatic carbocycles. The molecule has 0 fully saturated rings. The largest absolute Gasteiger partial charge is 0.493 e. The second-order valence-corrected chi connectivity index (χ2v) is 4.77. The zero-order valence-electron chi connectivity index (χ0n) is 13.2. The average Bonchev–Trinajstić information content (AvgIpc) is 2.51. The molecule has 0 radical (unpaired) electrons. The summed E-state index contributed by atoms with van der Waals surface area (Å²) in [5, 5.41) is 5.72. The lowest BCUT2D eigenvalue weighted by molar-refractivity contribution is -0.120. The van der Waals surface area contributed by atoms with Crippen LogP contribution in [0.15, 0.2) is 18.2 Å². The number of hydrogen-bond donors (Lipinski definition) is 2. The van der Waals surface area contributed by atoms with Crippen LogP contribution in [0.2, 0.25) is 0 Å². The number of carbonyl (C=O) groups is 1. The molecule has 5 nitrogen and oxygen atoms in total. The number of carbonyl (C=O) groups excluding carboxylic acids is 1. The molecular weight excluding hydrogens is 268 g/mol. The highest BCUT2D eigenvalue weighted by Gasteiger charge is 2.06. The monoisotopic (exact) mass is 294 g/mol. The molecule has 0 saturated heterocycles. The predicted molar refractivity (Wildman–Crippen MR) is 83.8 cm³/mol. The van der Waals surface area contributed by atoms with Crippen LogP contribution in [0.25, 0.3) is 0 Å². The predicted octanol–water partition coefficient (Wildman–Crippen LogP) is 2.10. The van der Waals surface area contributed by atoms with E-state index >= 15 is 0 Å². The molecule has 0 aromatic heterocycles. The molecular formula is C16H26N2O3. The van der Waals surface area contributed by atoms with Crippen LogP contribution in [0.4, 0.5) is 0 Å². The van der Waals surface area contributed by atoms with Gasteiger partial charge in [-0.1, -0.05) is 13.0 Å². The number of amides is 1. The van der Waals surface area contributed by atoms with Gasteiger partial charge in [-0.2, -0.15) is 0 Å². The molecule has 0 spiro atoms. The molecule has 1 aromatic rings. The van der Waals surface area contributed by atoms with Gasteiger partial charge < -0.3 is 20.1 Å². The number of nitrogens with one attached hydrogen (secondary N) is 2. The fourth-order valence-corrected chi connectivity index (χ4v) is 1.86. The van der Waals surface area contributed by atoms with Gasteiger partial charge in [-0.15, -0.1) is 0 Å². The van der Waals surface area contributed by atoms with Gasteiger partial charge in [0.15, 0.2) is 0 Å². The Bertz CT molecular complexity index is 436. The first-order chi connectivity index (χ1) is 10.2. The van der Waals surface area contributed by atoms with Gasteiger partial charge in [0.25, 0.3) is 0 Å². The Balaban J connectivity index is 2.60. The highest BCUT2D eigenvalue weighted by molar-refractivity contribution is 5.75. The number of ether oxygens (including phenoxy) is 2. The van der Waals surface area contributed by atoms with Crippen LogP contribution in [0.5, 0.6) is 11.5 Å². The first-order valence-corrected chi connectivity index (χ1v) is 7.45. The highest BCUT2D eigenvalue weighted by Crippen LogP contribution is 2.25. The molecule has 2 N–H and O–H groups in total. The smallest absolute Gasteiger partial charge is 0.219 e. The van der Waals surface area contributed by atoms with E-state index in [1.165, 1.54) is 0 Å². The van der Waals surface area contributed by atoms with Crippen LogP contribution < -0.4 is 20.1 Å². The number of benzene rings is 1. The molecule has 1 amide bonds. The van der Waals surface area contributed by atoms with E-state index in [2.05, 4.69) is 17.6 Å². The summed E-state index contributed by atoms with van der Waals surface area (Å²) < 4.78 is 11.4. The van der Waals surface area contributed by atoms with Crippen molar-refractivity contribution in [2.24, 2.45) is 0 Å². The van der Waals surface area contributed by atoms with Crippen LogP contribution in [0.3, 0.4) is 0 Å². The van der Waals surface area contributed by atoms with Gasteiger partial charge >= 0.3 is 0 Å². The minimum atomic E-state index is 0.0362. The Hall–Kier alpha value is -1.75. The van der Waals surface area contributed by atoms with Gasteiger partial charge in [-0.25, -0.2) is 0 Å². The number of rotatable bonds is 10. The third kappa shape index (κ3) is 6.49. The van der Waals surface area contributed by atoms with E-state index in [1.807, 2.05) is 25.2 Å². The lowest BCUT2D eigenvalue weighted by Crippen LogP contribution is -2.18. The molecule has 0 aliphatic heterocycles. The van der Waals surface area contributed by atoms with Crippen molar-refractivity contribution in [2.45, 2.75) is 32.7 Å². The zero-order chi connectivity index (χ0) is 15.5. The molecule has 5 heteroatoms. The molecule has 0 atom stereocenters. The summed E-state index contributed by atoms with van der Waals surface area (Å²) in [5.74, 6) is 1.67. The standard InChI is InChI=1S/C16H26N2O3/c1-4-9-20-14-8-7-13(12-17-2)15(11-14)21-10-5-6-16(19)18-3/h7-8,11,17H,4-6,9-10,12H2,1-3H3,(H,18,19). The first kappa shape index (κ1) is 17.3. The lowest BCUT2D eigenvalue weighted by atomic mass is 10.2. The SMILES string of the molecule is CCCOc1ccc(CNC)c(OCCCC(=O)NC)c1. The van der Waals surface area contributed by atoms with Gasteiger partial charge in [-0.05, 0) is 26.0 Å². The maximum atomic E-state index is 11.2. The summed E-state index contributed by atoms with van der Waals surface area (Å²) in [5.41, 5.74) is 1.08. The third-order valence-corrected chi connectivity index (χ3v) is 2.96. The normalized spacial score (nSPS) is 10.2. The summed E-state index contributed by atoms with van der Waals surface area (Å²) in [4.78, 5) is 11.2. The van der Waals surface area contributed by atoms with E-state index in [0.29, 0.717) is 26.1 Å². The molecule has 1 rings (SSSR count). The van der Waals surface area contributed by atoms with Crippen LogP contribution >= 0.6 is 0 Å². The summed E-state index contributed by atoms with van der Waals surface area (Å²) in [6.07, 6.45) is 2.14. The van der Waals surface area contributed by atoms with Crippen molar-refractivity contribution in [2.75, 3.05) is 27.3 Å². The van der Waals surface area contributed by atoms with Crippen molar-refractivity contribution in [3.05, 3.63) is 23.8 Å². The summed E-state index contributed by atoms with van der Waals surface area (Å²) in [7, 11) is 3.54. The van der Waals surface area contributed by atoms with Crippen LogP contribution in [-0.4, -0.2) is 33.2 Å². The number of hydrogen-bond acceptors (Lipinski definition) is 4. The van der Waals surface area contributed by atoms with E-state index in [9.17, 15) is 4.79 Å². The second-order valence-electron chi connectivity index (χ2n) is 4.77. The summed E-state index contributed by atoms with van der Waals surface area (Å²) >= 11 is 0. The Morgan fingerprint density at radius 1 is 1.19 bits per heavy atom. The average molecular weight is 294 g/mol. The Labute approximate surface area is 127 Å². The third-order valence-electron chi connectivity index (χ3n) is 2.96. The van der Waals surface area contributed by atoms with Crippen LogP contribution in [0, 0.1) is 0 Å². The van der Waals surface area contributed by atoms with E-state index in [0.717, 1.165) is 30.0 Å². The summed E-state index contributed by atoms with van der Waals surface area (Å²) in [6, 6.07) is 5.89. The topological polar surface area (TPSA) is 59.6 Å². The fourth-order valence-electron chi connectivity index (χ4n) is 1.86. The Morgan fingerprint density at radius 3 is 2.67 bits per heavy atom. The van der Waals surface area contributed by atoms with Gasteiger partial charge in [-0.3, -0.25) is 4.79 Å². The van der Waals surface area contributed by atoms with Crippen LogP contribution in [0.1, 0.15) is 31.7 Å². The molecule has 21 heavy (non-hydrogen) atoms. The van der Waals surface area contributed by atoms with E-state index < -0.39 is 0 Å². The molecule has 118 valence electrons. The zero-order valence-corrected chi connectivity index (χ0v) is 13.2. The molecule has 0 unspecified atom stereocenters. The lowest BCUT2D eigenvalue weighted by Gasteiger charge is -2.13. The molecule has 0 aliphatic rings. The van der Waals surface area contributed by atoms with Gasteiger partial charge in [0.2, 0.25) is 5.91 Å². The van der Waals surface area contributed by atoms with Gasteiger partial charge in [0.1, 0.15) is 11.5 Å². The van der Waals surface area contributed by atoms with E-state index in [-0.39, 0.29) is 5.91 Å². The van der Waals surface area contributed by atoms with Gasteiger partial charge in [0, 0.05) is 31.6 Å².